The standard InChI is InChI=1S/2C5H5.Ru/c2*1-2-4-5-3-1;/h2*1-3H,4H2;. The summed E-state index contributed by atoms with van der Waals surface area (Å²) in [6.45, 7) is 0. The molecule has 0 N–H and O–H groups in total. The van der Waals surface area contributed by atoms with E-state index in [9.17, 15) is 0 Å². The van der Waals surface area contributed by atoms with Crippen LogP contribution in [0.1, 0.15) is 12.8 Å². The van der Waals surface area contributed by atoms with E-state index < -0.39 is 0 Å². The van der Waals surface area contributed by atoms with Crippen LogP contribution in [0.3, 0.4) is 0 Å². The van der Waals surface area contributed by atoms with Crippen molar-refractivity contribution in [2.75, 3.05) is 0 Å². The third kappa shape index (κ3) is 1.78. The van der Waals surface area contributed by atoms with Crippen LogP contribution in [0.25, 0.3) is 0 Å². The first kappa shape index (κ1) is 7.24. The molecule has 2 aliphatic carbocycles. The fraction of sp³-hybridized carbons (Fsp3) is 0.200. The van der Waals surface area contributed by atoms with Gasteiger partial charge in [-0.2, -0.15) is 0 Å². The molecule has 0 saturated carbocycles. The van der Waals surface area contributed by atoms with Crippen molar-refractivity contribution in [1.82, 2.24) is 0 Å². The van der Waals surface area contributed by atoms with Gasteiger partial charge < -0.3 is 0 Å². The second kappa shape index (κ2) is 3.32. The van der Waals surface area contributed by atoms with E-state index in [4.69, 9.17) is 0 Å². The fourth-order valence-electron chi connectivity index (χ4n) is 1.11. The van der Waals surface area contributed by atoms with Gasteiger partial charge in [0.2, 0.25) is 0 Å². The van der Waals surface area contributed by atoms with E-state index in [1.165, 1.54) is 12.8 Å². The molecule has 0 unspecified atom stereocenters. The Kier molecular flexibility index (Phi) is 2.19. The Balaban J connectivity index is 1.91. The first-order valence-corrected chi connectivity index (χ1v) is 5.53. The summed E-state index contributed by atoms with van der Waals surface area (Å²) in [5.41, 5.74) is 0. The number of hydrogen-bond donors (Lipinski definition) is 0. The number of hydrogen-bond acceptors (Lipinski definition) is 0. The Bertz CT molecular complexity index is 239. The molecule has 0 heterocycles. The van der Waals surface area contributed by atoms with Gasteiger partial charge in [-0.3, -0.25) is 0 Å². The number of allylic oxidation sites excluding steroid dienone is 8. The molecule has 0 atom stereocenters. The van der Waals surface area contributed by atoms with E-state index in [1.807, 2.05) is 0 Å². The van der Waals surface area contributed by atoms with Gasteiger partial charge in [-0.1, -0.05) is 0 Å². The van der Waals surface area contributed by atoms with Gasteiger partial charge in [0.15, 0.2) is 0 Å². The van der Waals surface area contributed by atoms with E-state index in [0.29, 0.717) is 17.1 Å². The summed E-state index contributed by atoms with van der Waals surface area (Å²) in [6.07, 6.45) is 15.8. The maximum atomic E-state index is 2.28. The maximum absolute atomic E-state index is 2.28. The van der Waals surface area contributed by atoms with Crippen LogP contribution in [0.15, 0.2) is 44.8 Å². The van der Waals surface area contributed by atoms with Gasteiger partial charge in [-0.15, -0.1) is 0 Å². The van der Waals surface area contributed by atoms with Gasteiger partial charge in [0, 0.05) is 0 Å². The molecular weight excluding hydrogens is 221 g/mol. The monoisotopic (exact) mass is 232 g/mol. The Morgan fingerprint density at radius 3 is 1.82 bits per heavy atom. The number of rotatable bonds is 2. The van der Waals surface area contributed by atoms with Gasteiger partial charge in [-0.05, 0) is 0 Å². The van der Waals surface area contributed by atoms with E-state index in [2.05, 4.69) is 36.5 Å². The molecule has 0 aromatic heterocycles. The van der Waals surface area contributed by atoms with Crippen molar-refractivity contribution in [3.8, 4) is 0 Å². The summed E-state index contributed by atoms with van der Waals surface area (Å²) in [5, 5.41) is 0. The van der Waals surface area contributed by atoms with Crippen molar-refractivity contribution in [3.05, 3.63) is 44.8 Å². The van der Waals surface area contributed by atoms with Gasteiger partial charge >= 0.3 is 74.8 Å². The molecule has 0 aromatic rings. The molecule has 1 heteroatoms. The second-order valence-corrected chi connectivity index (χ2v) is 5.22. The zero-order valence-corrected chi connectivity index (χ0v) is 7.97. The van der Waals surface area contributed by atoms with Crippen molar-refractivity contribution >= 4 is 0 Å². The second-order valence-electron chi connectivity index (χ2n) is 2.55. The Morgan fingerprint density at radius 2 is 1.45 bits per heavy atom. The van der Waals surface area contributed by atoms with Gasteiger partial charge in [-0.25, -0.2) is 0 Å². The first-order valence-electron chi connectivity index (χ1n) is 3.79. The Morgan fingerprint density at radius 1 is 0.909 bits per heavy atom. The summed E-state index contributed by atoms with van der Waals surface area (Å²) < 4.78 is 3.29. The third-order valence-electron chi connectivity index (χ3n) is 1.66. The molecule has 0 nitrogen and oxygen atoms in total. The van der Waals surface area contributed by atoms with E-state index in [1.54, 1.807) is 8.33 Å². The topological polar surface area (TPSA) is 0 Å². The predicted octanol–water partition coefficient (Wildman–Crippen LogP) is 2.76. The van der Waals surface area contributed by atoms with E-state index >= 15 is 0 Å². The molecule has 2 rings (SSSR count). The van der Waals surface area contributed by atoms with Crippen LogP contribution in [-0.4, -0.2) is 0 Å². The van der Waals surface area contributed by atoms with Crippen LogP contribution in [0.4, 0.5) is 0 Å². The zero-order chi connectivity index (χ0) is 7.52. The molecule has 0 aliphatic heterocycles. The molecule has 0 amide bonds. The van der Waals surface area contributed by atoms with Gasteiger partial charge in [0.1, 0.15) is 0 Å². The first-order chi connectivity index (χ1) is 5.45. The van der Waals surface area contributed by atoms with Crippen LogP contribution in [0.5, 0.6) is 0 Å². The summed E-state index contributed by atoms with van der Waals surface area (Å²) >= 11 is 0.391. The predicted molar refractivity (Wildman–Crippen MR) is 43.7 cm³/mol. The van der Waals surface area contributed by atoms with E-state index in [0.717, 1.165) is 0 Å². The molecule has 58 valence electrons. The normalized spacial score (nSPS) is 21.1. The minimum atomic E-state index is 0.391. The van der Waals surface area contributed by atoms with E-state index in [-0.39, 0.29) is 0 Å². The summed E-state index contributed by atoms with van der Waals surface area (Å²) in [6, 6.07) is 0. The van der Waals surface area contributed by atoms with Crippen LogP contribution < -0.4 is 0 Å². The quantitative estimate of drug-likeness (QED) is 0.641. The molecule has 0 saturated heterocycles. The van der Waals surface area contributed by atoms with Gasteiger partial charge in [0.25, 0.3) is 0 Å². The molecule has 0 fully saturated rings. The van der Waals surface area contributed by atoms with Crippen molar-refractivity contribution in [2.45, 2.75) is 12.8 Å². The minimum absolute atomic E-state index is 0.391. The molecule has 0 spiro atoms. The molecule has 2 aliphatic rings. The molecule has 11 heavy (non-hydrogen) atoms. The van der Waals surface area contributed by atoms with Crippen molar-refractivity contribution in [3.63, 3.8) is 0 Å². The Labute approximate surface area is 75.0 Å². The van der Waals surface area contributed by atoms with Crippen LogP contribution in [0.2, 0.25) is 0 Å². The summed E-state index contributed by atoms with van der Waals surface area (Å²) in [4.78, 5) is 0. The summed E-state index contributed by atoms with van der Waals surface area (Å²) in [5.74, 6) is 0. The molecule has 0 aromatic carbocycles. The van der Waals surface area contributed by atoms with Crippen molar-refractivity contribution < 1.29 is 17.1 Å². The van der Waals surface area contributed by atoms with Gasteiger partial charge in [0.05, 0.1) is 0 Å². The fourth-order valence-corrected chi connectivity index (χ4v) is 3.21. The molecule has 0 bridgehead atoms. The summed E-state index contributed by atoms with van der Waals surface area (Å²) in [7, 11) is 0. The third-order valence-corrected chi connectivity index (χ3v) is 4.07. The average molecular weight is 231 g/mol. The van der Waals surface area contributed by atoms with Crippen LogP contribution in [-0.2, 0) is 17.1 Å². The molecular formula is C10H10Ru. The molecule has 0 radical (unpaired) electrons. The van der Waals surface area contributed by atoms with Crippen molar-refractivity contribution in [2.24, 2.45) is 0 Å². The van der Waals surface area contributed by atoms with Crippen molar-refractivity contribution in [1.29, 1.82) is 0 Å². The van der Waals surface area contributed by atoms with Crippen LogP contribution in [0, 0.1) is 0 Å². The SMILES string of the molecule is C1=CC[C]([Ru][C]2=CC=CC2)=C1. The average Bonchev–Trinajstić information content (AvgIpc) is 2.60. The zero-order valence-electron chi connectivity index (χ0n) is 6.23. The Hall–Kier alpha value is -0.417. The van der Waals surface area contributed by atoms with Crippen LogP contribution >= 0.6 is 0 Å².